The summed E-state index contributed by atoms with van der Waals surface area (Å²) in [5, 5.41) is 4.67. The number of benzene rings is 1. The average Bonchev–Trinajstić information content (AvgIpc) is 3.13. The molecule has 1 aromatic heterocycles. The molecular weight excluding hydrogens is 378 g/mol. The van der Waals surface area contributed by atoms with E-state index in [1.807, 2.05) is 39.1 Å². The molecule has 0 saturated carbocycles. The molecule has 7 heteroatoms. The Kier molecular flexibility index (Phi) is 7.07. The summed E-state index contributed by atoms with van der Waals surface area (Å²) >= 11 is 1.38. The number of alkyl carbamates (subject to hydrolysis) is 1. The molecule has 0 radical (unpaired) electrons. The molecule has 1 heterocycles. The Morgan fingerprint density at radius 2 is 1.82 bits per heavy atom. The van der Waals surface area contributed by atoms with Crippen LogP contribution < -0.4 is 14.8 Å². The van der Waals surface area contributed by atoms with Crippen molar-refractivity contribution in [2.24, 2.45) is 0 Å². The molecule has 1 amide bonds. The third kappa shape index (κ3) is 5.73. The van der Waals surface area contributed by atoms with Crippen LogP contribution >= 0.6 is 11.3 Å². The van der Waals surface area contributed by atoms with Crippen molar-refractivity contribution in [1.82, 2.24) is 5.32 Å². The van der Waals surface area contributed by atoms with Gasteiger partial charge >= 0.3 is 6.09 Å². The van der Waals surface area contributed by atoms with Gasteiger partial charge < -0.3 is 19.5 Å². The Hall–Kier alpha value is -2.54. The van der Waals surface area contributed by atoms with Gasteiger partial charge in [0.2, 0.25) is 5.78 Å². The maximum Gasteiger partial charge on any atom is 0.407 e. The first kappa shape index (κ1) is 21.8. The Labute approximate surface area is 169 Å². The van der Waals surface area contributed by atoms with E-state index in [1.165, 1.54) is 18.4 Å². The van der Waals surface area contributed by atoms with Crippen LogP contribution in [0, 0.1) is 0 Å². The molecule has 6 nitrogen and oxygen atoms in total. The molecule has 1 aromatic carbocycles. The normalized spacial score (nSPS) is 12.2. The Bertz CT molecular complexity index is 824. The second kappa shape index (κ2) is 9.10. The number of rotatable bonds is 7. The number of thiophene rings is 1. The van der Waals surface area contributed by atoms with Crippen molar-refractivity contribution in [3.63, 3.8) is 0 Å². The SMILES string of the molecule is COc1cc(C(=O)c2cccs2)c(OC)cc1CC(C)NC(=O)OC(C)(C)C. The molecular formula is C21H27NO5S. The minimum atomic E-state index is -0.561. The number of methoxy groups -OCH3 is 2. The third-order valence-electron chi connectivity index (χ3n) is 3.88. The van der Waals surface area contributed by atoms with Crippen LogP contribution in [0.1, 0.15) is 48.5 Å². The molecule has 0 aliphatic rings. The predicted molar refractivity (Wildman–Crippen MR) is 110 cm³/mol. The molecule has 2 aromatic rings. The Morgan fingerprint density at radius 1 is 1.14 bits per heavy atom. The third-order valence-corrected chi connectivity index (χ3v) is 4.75. The van der Waals surface area contributed by atoms with Gasteiger partial charge in [0.1, 0.15) is 17.1 Å². The highest BCUT2D eigenvalue weighted by atomic mass is 32.1. The van der Waals surface area contributed by atoms with Gasteiger partial charge in [-0.05, 0) is 63.3 Å². The Morgan fingerprint density at radius 3 is 2.36 bits per heavy atom. The van der Waals surface area contributed by atoms with E-state index in [9.17, 15) is 9.59 Å². The predicted octanol–water partition coefficient (Wildman–Crippen LogP) is 4.45. The van der Waals surface area contributed by atoms with Crippen LogP contribution in [-0.2, 0) is 11.2 Å². The number of hydrogen-bond donors (Lipinski definition) is 1. The summed E-state index contributed by atoms with van der Waals surface area (Å²) in [6.07, 6.45) is 0.0159. The van der Waals surface area contributed by atoms with E-state index in [2.05, 4.69) is 5.32 Å². The highest BCUT2D eigenvalue weighted by Gasteiger charge is 2.22. The van der Waals surface area contributed by atoms with E-state index in [4.69, 9.17) is 14.2 Å². The summed E-state index contributed by atoms with van der Waals surface area (Å²) in [5.41, 5.74) is 0.707. The van der Waals surface area contributed by atoms with Gasteiger partial charge in [-0.2, -0.15) is 0 Å². The highest BCUT2D eigenvalue weighted by Crippen LogP contribution is 2.32. The van der Waals surface area contributed by atoms with Crippen molar-refractivity contribution >= 4 is 23.2 Å². The van der Waals surface area contributed by atoms with E-state index >= 15 is 0 Å². The molecule has 2 rings (SSSR count). The fourth-order valence-electron chi connectivity index (χ4n) is 2.73. The summed E-state index contributed by atoms with van der Waals surface area (Å²) in [6.45, 7) is 7.32. The summed E-state index contributed by atoms with van der Waals surface area (Å²) in [7, 11) is 3.08. The van der Waals surface area contributed by atoms with Crippen LogP contribution in [-0.4, -0.2) is 37.7 Å². The second-order valence-corrected chi connectivity index (χ2v) is 8.37. The van der Waals surface area contributed by atoms with Gasteiger partial charge in [0, 0.05) is 6.04 Å². The number of ketones is 1. The first-order valence-electron chi connectivity index (χ1n) is 8.97. The number of ether oxygens (including phenoxy) is 3. The molecule has 0 spiro atoms. The summed E-state index contributed by atoms with van der Waals surface area (Å²) in [5.74, 6) is 0.925. The molecule has 1 unspecified atom stereocenters. The van der Waals surface area contributed by atoms with E-state index in [1.54, 1.807) is 25.3 Å². The van der Waals surface area contributed by atoms with Crippen molar-refractivity contribution in [3.05, 3.63) is 45.6 Å². The maximum absolute atomic E-state index is 12.8. The Balaban J connectivity index is 2.23. The van der Waals surface area contributed by atoms with Gasteiger partial charge in [0.25, 0.3) is 0 Å². The zero-order valence-electron chi connectivity index (χ0n) is 17.1. The van der Waals surface area contributed by atoms with E-state index < -0.39 is 11.7 Å². The summed E-state index contributed by atoms with van der Waals surface area (Å²) in [6, 6.07) is 6.88. The fraction of sp³-hybridized carbons (Fsp3) is 0.429. The number of carbonyl (C=O) groups is 2. The van der Waals surface area contributed by atoms with E-state index in [-0.39, 0.29) is 11.8 Å². The lowest BCUT2D eigenvalue weighted by Gasteiger charge is -2.22. The molecule has 1 N–H and O–H groups in total. The standard InChI is InChI=1S/C21H27NO5S/c1-13(22-20(24)27-21(2,3)4)10-14-11-17(26-6)15(12-16(14)25-5)19(23)18-8-7-9-28-18/h7-9,11-13H,10H2,1-6H3,(H,22,24). The first-order chi connectivity index (χ1) is 13.1. The van der Waals surface area contributed by atoms with Gasteiger partial charge in [-0.25, -0.2) is 4.79 Å². The number of carbonyl (C=O) groups excluding carboxylic acids is 2. The largest absolute Gasteiger partial charge is 0.496 e. The number of hydrogen-bond acceptors (Lipinski definition) is 6. The van der Waals surface area contributed by atoms with Gasteiger partial charge in [0.15, 0.2) is 0 Å². The van der Waals surface area contributed by atoms with Crippen molar-refractivity contribution in [2.45, 2.75) is 45.8 Å². The minimum absolute atomic E-state index is 0.114. The molecule has 0 bridgehead atoms. The van der Waals surface area contributed by atoms with Gasteiger partial charge in [-0.1, -0.05) is 6.07 Å². The molecule has 152 valence electrons. The van der Waals surface area contributed by atoms with Gasteiger partial charge in [0.05, 0.1) is 24.7 Å². The van der Waals surface area contributed by atoms with Crippen molar-refractivity contribution in [1.29, 1.82) is 0 Å². The molecule has 28 heavy (non-hydrogen) atoms. The molecule has 0 aliphatic heterocycles. The van der Waals surface area contributed by atoms with Gasteiger partial charge in [-0.3, -0.25) is 4.79 Å². The van der Waals surface area contributed by atoms with Crippen LogP contribution in [0.4, 0.5) is 4.79 Å². The van der Waals surface area contributed by atoms with Crippen LogP contribution in [0.3, 0.4) is 0 Å². The van der Waals surface area contributed by atoms with Crippen LogP contribution in [0.5, 0.6) is 11.5 Å². The quantitative estimate of drug-likeness (QED) is 0.689. The number of amides is 1. The first-order valence-corrected chi connectivity index (χ1v) is 9.85. The lowest BCUT2D eigenvalue weighted by molar-refractivity contribution is 0.0508. The van der Waals surface area contributed by atoms with E-state index in [0.29, 0.717) is 28.4 Å². The lowest BCUT2D eigenvalue weighted by Crippen LogP contribution is -2.38. The van der Waals surface area contributed by atoms with Crippen molar-refractivity contribution < 1.29 is 23.8 Å². The zero-order valence-corrected chi connectivity index (χ0v) is 17.9. The zero-order chi connectivity index (χ0) is 20.9. The number of nitrogens with one attached hydrogen (secondary N) is 1. The van der Waals surface area contributed by atoms with Crippen molar-refractivity contribution in [2.75, 3.05) is 14.2 Å². The lowest BCUT2D eigenvalue weighted by atomic mass is 10.00. The van der Waals surface area contributed by atoms with Gasteiger partial charge in [-0.15, -0.1) is 11.3 Å². The second-order valence-electron chi connectivity index (χ2n) is 7.42. The van der Waals surface area contributed by atoms with Crippen molar-refractivity contribution in [3.8, 4) is 11.5 Å². The maximum atomic E-state index is 12.8. The van der Waals surface area contributed by atoms with Crippen LogP contribution in [0.15, 0.2) is 29.6 Å². The topological polar surface area (TPSA) is 73.9 Å². The summed E-state index contributed by atoms with van der Waals surface area (Å²) < 4.78 is 16.2. The monoisotopic (exact) mass is 405 g/mol. The molecule has 1 atom stereocenters. The average molecular weight is 406 g/mol. The molecule has 0 aliphatic carbocycles. The fourth-order valence-corrected chi connectivity index (χ4v) is 3.41. The minimum Gasteiger partial charge on any atom is -0.496 e. The molecule has 0 saturated heterocycles. The van der Waals surface area contributed by atoms with Crippen LogP contribution in [0.25, 0.3) is 0 Å². The molecule has 0 fully saturated rings. The van der Waals surface area contributed by atoms with Crippen LogP contribution in [0.2, 0.25) is 0 Å². The van der Waals surface area contributed by atoms with E-state index in [0.717, 1.165) is 5.56 Å². The summed E-state index contributed by atoms with van der Waals surface area (Å²) in [4.78, 5) is 25.4. The smallest absolute Gasteiger partial charge is 0.407 e. The highest BCUT2D eigenvalue weighted by molar-refractivity contribution is 7.12.